The van der Waals surface area contributed by atoms with Gasteiger partial charge in [-0.15, -0.1) is 0 Å². The van der Waals surface area contributed by atoms with Gasteiger partial charge >= 0.3 is 5.97 Å². The zero-order chi connectivity index (χ0) is 14.4. The van der Waals surface area contributed by atoms with Crippen LogP contribution >= 0.6 is 11.6 Å². The molecule has 19 heavy (non-hydrogen) atoms. The van der Waals surface area contributed by atoms with E-state index < -0.39 is 23.7 Å². The van der Waals surface area contributed by atoms with Crippen LogP contribution in [0, 0.1) is 5.82 Å². The maximum Gasteiger partial charge on any atom is 0.327 e. The Morgan fingerprint density at radius 2 is 2.16 bits per heavy atom. The van der Waals surface area contributed by atoms with E-state index >= 15 is 0 Å². The molecule has 1 aromatic rings. The second-order valence-electron chi connectivity index (χ2n) is 3.97. The molecule has 3 N–H and O–H groups in total. The van der Waals surface area contributed by atoms with Crippen LogP contribution in [0.15, 0.2) is 18.2 Å². The minimum Gasteiger partial charge on any atom is -0.480 e. The largest absolute Gasteiger partial charge is 0.480 e. The molecule has 0 aliphatic rings. The fourth-order valence-corrected chi connectivity index (χ4v) is 1.66. The summed E-state index contributed by atoms with van der Waals surface area (Å²) in [5.41, 5.74) is 0.721. The Morgan fingerprint density at radius 3 is 2.68 bits per heavy atom. The summed E-state index contributed by atoms with van der Waals surface area (Å²) < 4.78 is 12.9. The van der Waals surface area contributed by atoms with Gasteiger partial charge in [0.05, 0.1) is 5.02 Å². The number of aliphatic carboxylic acids is 1. The molecule has 0 fully saturated rings. The first-order valence-corrected chi connectivity index (χ1v) is 5.92. The van der Waals surface area contributed by atoms with Gasteiger partial charge < -0.3 is 15.7 Å². The molecule has 1 amide bonds. The molecule has 0 aliphatic heterocycles. The highest BCUT2D eigenvalue weighted by Gasteiger charge is 2.17. The smallest absolute Gasteiger partial charge is 0.327 e. The van der Waals surface area contributed by atoms with Crippen LogP contribution in [0.1, 0.15) is 12.5 Å². The summed E-state index contributed by atoms with van der Waals surface area (Å²) in [6.45, 7) is 1.63. The Balaban J connectivity index is 2.49. The third kappa shape index (κ3) is 5.23. The fraction of sp³-hybridized carbons (Fsp3) is 0.333. The van der Waals surface area contributed by atoms with Crippen molar-refractivity contribution in [1.29, 1.82) is 0 Å². The highest BCUT2D eigenvalue weighted by molar-refractivity contribution is 6.30. The van der Waals surface area contributed by atoms with Crippen molar-refractivity contribution >= 4 is 23.5 Å². The number of carbonyl (C=O) groups is 2. The normalized spacial score (nSPS) is 11.9. The summed E-state index contributed by atoms with van der Waals surface area (Å²) in [5.74, 6) is -2.05. The number of carboxylic acid groups (broad SMARTS) is 1. The van der Waals surface area contributed by atoms with Gasteiger partial charge in [0.25, 0.3) is 0 Å². The molecule has 0 aliphatic carbocycles. The predicted octanol–water partition coefficient (Wildman–Crippen LogP) is 1.16. The Hall–Kier alpha value is -1.66. The second-order valence-corrected chi connectivity index (χ2v) is 4.38. The van der Waals surface area contributed by atoms with E-state index in [1.54, 1.807) is 6.07 Å². The Labute approximate surface area is 114 Å². The number of halogens is 2. The number of amides is 1. The highest BCUT2D eigenvalue weighted by atomic mass is 35.5. The van der Waals surface area contributed by atoms with Gasteiger partial charge in [-0.05, 0) is 17.7 Å². The average Bonchev–Trinajstić information content (AvgIpc) is 2.31. The van der Waals surface area contributed by atoms with Crippen molar-refractivity contribution in [3.8, 4) is 0 Å². The molecule has 1 rings (SSSR count). The van der Waals surface area contributed by atoms with E-state index in [1.165, 1.54) is 19.1 Å². The minimum absolute atomic E-state index is 0.0101. The molecule has 5 nitrogen and oxygen atoms in total. The van der Waals surface area contributed by atoms with E-state index in [4.69, 9.17) is 16.7 Å². The molecule has 0 aromatic heterocycles. The first-order chi connectivity index (χ1) is 8.90. The SMILES string of the molecule is CC(=O)NC(CNCc1ccc(F)c(Cl)c1)C(=O)O. The zero-order valence-electron chi connectivity index (χ0n) is 10.2. The lowest BCUT2D eigenvalue weighted by molar-refractivity contribution is -0.141. The number of hydrogen-bond donors (Lipinski definition) is 3. The summed E-state index contributed by atoms with van der Waals surface area (Å²) in [7, 11) is 0. The summed E-state index contributed by atoms with van der Waals surface area (Å²) in [6, 6.07) is 3.23. The number of benzene rings is 1. The van der Waals surface area contributed by atoms with Crippen LogP contribution in [0.4, 0.5) is 4.39 Å². The number of hydrogen-bond acceptors (Lipinski definition) is 3. The highest BCUT2D eigenvalue weighted by Crippen LogP contribution is 2.15. The standard InChI is InChI=1S/C12H14ClFN2O3/c1-7(17)16-11(12(18)19)6-15-5-8-2-3-10(14)9(13)4-8/h2-4,11,15H,5-6H2,1H3,(H,16,17)(H,18,19). The molecule has 1 aromatic carbocycles. The van der Waals surface area contributed by atoms with Crippen molar-refractivity contribution in [1.82, 2.24) is 10.6 Å². The lowest BCUT2D eigenvalue weighted by atomic mass is 10.2. The Kier molecular flexibility index (Phi) is 5.72. The van der Waals surface area contributed by atoms with Gasteiger partial charge in [0.2, 0.25) is 5.91 Å². The van der Waals surface area contributed by atoms with Crippen molar-refractivity contribution in [3.63, 3.8) is 0 Å². The van der Waals surface area contributed by atoms with E-state index in [-0.39, 0.29) is 11.6 Å². The maximum atomic E-state index is 12.9. The third-order valence-electron chi connectivity index (χ3n) is 2.34. The lowest BCUT2D eigenvalue weighted by Crippen LogP contribution is -2.46. The van der Waals surface area contributed by atoms with Crippen LogP contribution in [0.3, 0.4) is 0 Å². The van der Waals surface area contributed by atoms with Crippen molar-refractivity contribution in [2.45, 2.75) is 19.5 Å². The predicted molar refractivity (Wildman–Crippen MR) is 68.4 cm³/mol. The fourth-order valence-electron chi connectivity index (χ4n) is 1.46. The van der Waals surface area contributed by atoms with Gasteiger partial charge in [0.15, 0.2) is 0 Å². The molecular formula is C12H14ClFN2O3. The topological polar surface area (TPSA) is 78.4 Å². The van der Waals surface area contributed by atoms with Crippen LogP contribution in [-0.2, 0) is 16.1 Å². The maximum absolute atomic E-state index is 12.9. The van der Waals surface area contributed by atoms with Gasteiger partial charge in [-0.25, -0.2) is 9.18 Å². The Bertz CT molecular complexity index is 482. The summed E-state index contributed by atoms with van der Waals surface area (Å²) in [4.78, 5) is 21.7. The van der Waals surface area contributed by atoms with E-state index in [0.29, 0.717) is 6.54 Å². The molecule has 1 unspecified atom stereocenters. The quantitative estimate of drug-likeness (QED) is 0.734. The average molecular weight is 289 g/mol. The van der Waals surface area contributed by atoms with Gasteiger partial charge in [-0.1, -0.05) is 17.7 Å². The molecule has 0 saturated carbocycles. The molecule has 7 heteroatoms. The number of rotatable bonds is 6. The molecule has 0 saturated heterocycles. The summed E-state index contributed by atoms with van der Waals surface area (Å²) in [6.07, 6.45) is 0. The van der Waals surface area contributed by atoms with E-state index in [1.807, 2.05) is 0 Å². The molecule has 0 radical (unpaired) electrons. The van der Waals surface area contributed by atoms with Gasteiger partial charge in [-0.2, -0.15) is 0 Å². The lowest BCUT2D eigenvalue weighted by Gasteiger charge is -2.14. The van der Waals surface area contributed by atoms with Gasteiger partial charge in [0, 0.05) is 20.0 Å². The first kappa shape index (κ1) is 15.4. The van der Waals surface area contributed by atoms with Crippen LogP contribution in [0.25, 0.3) is 0 Å². The van der Waals surface area contributed by atoms with Gasteiger partial charge in [-0.3, -0.25) is 4.79 Å². The van der Waals surface area contributed by atoms with Crippen molar-refractivity contribution < 1.29 is 19.1 Å². The zero-order valence-corrected chi connectivity index (χ0v) is 11.0. The van der Waals surface area contributed by atoms with Crippen molar-refractivity contribution in [3.05, 3.63) is 34.6 Å². The van der Waals surface area contributed by atoms with Crippen LogP contribution in [-0.4, -0.2) is 29.6 Å². The van der Waals surface area contributed by atoms with Crippen LogP contribution in [0.2, 0.25) is 5.02 Å². The molecule has 0 bridgehead atoms. The first-order valence-electron chi connectivity index (χ1n) is 5.54. The Morgan fingerprint density at radius 1 is 1.47 bits per heavy atom. The second kappa shape index (κ2) is 7.06. The van der Waals surface area contributed by atoms with Crippen molar-refractivity contribution in [2.24, 2.45) is 0 Å². The molecule has 0 spiro atoms. The summed E-state index contributed by atoms with van der Waals surface area (Å²) in [5, 5.41) is 14.0. The van der Waals surface area contributed by atoms with Crippen LogP contribution in [0.5, 0.6) is 0 Å². The molecule has 1 atom stereocenters. The number of carboxylic acids is 1. The number of nitrogens with one attached hydrogen (secondary N) is 2. The monoisotopic (exact) mass is 288 g/mol. The third-order valence-corrected chi connectivity index (χ3v) is 2.63. The summed E-state index contributed by atoms with van der Waals surface area (Å²) >= 11 is 5.62. The molecule has 0 heterocycles. The minimum atomic E-state index is -1.13. The van der Waals surface area contributed by atoms with Gasteiger partial charge in [0.1, 0.15) is 11.9 Å². The van der Waals surface area contributed by atoms with Crippen LogP contribution < -0.4 is 10.6 Å². The van der Waals surface area contributed by atoms with E-state index in [0.717, 1.165) is 5.56 Å². The van der Waals surface area contributed by atoms with Crippen molar-refractivity contribution in [2.75, 3.05) is 6.54 Å². The number of carbonyl (C=O) groups excluding carboxylic acids is 1. The van der Waals surface area contributed by atoms with E-state index in [9.17, 15) is 14.0 Å². The molecule has 104 valence electrons. The molecular weight excluding hydrogens is 275 g/mol. The van der Waals surface area contributed by atoms with E-state index in [2.05, 4.69) is 10.6 Å².